The zero-order valence-electron chi connectivity index (χ0n) is 14.7. The van der Waals surface area contributed by atoms with Gasteiger partial charge in [0.05, 0.1) is 18.6 Å². The molecule has 136 valence electrons. The van der Waals surface area contributed by atoms with Crippen molar-refractivity contribution in [3.63, 3.8) is 0 Å². The van der Waals surface area contributed by atoms with Gasteiger partial charge in [-0.3, -0.25) is 14.5 Å². The van der Waals surface area contributed by atoms with Gasteiger partial charge in [0.1, 0.15) is 6.61 Å². The molecule has 1 aliphatic heterocycles. The van der Waals surface area contributed by atoms with Gasteiger partial charge in [-0.1, -0.05) is 42.3 Å². The number of terminal acetylenes is 1. The zero-order chi connectivity index (χ0) is 19.2. The van der Waals surface area contributed by atoms with Crippen LogP contribution in [0.3, 0.4) is 0 Å². The fraction of sp³-hybridized carbons (Fsp3) is 0.143. The predicted octanol–water partition coefficient (Wildman–Crippen LogP) is 3.94. The summed E-state index contributed by atoms with van der Waals surface area (Å²) in [5, 5.41) is -0.362. The molecule has 2 aromatic carbocycles. The van der Waals surface area contributed by atoms with Crippen LogP contribution in [0.5, 0.6) is 11.5 Å². The highest BCUT2D eigenvalue weighted by Gasteiger charge is 2.34. The third-order valence-corrected chi connectivity index (χ3v) is 4.75. The summed E-state index contributed by atoms with van der Waals surface area (Å²) >= 11 is 0.873. The average molecular weight is 379 g/mol. The van der Waals surface area contributed by atoms with E-state index in [1.807, 2.05) is 30.3 Å². The van der Waals surface area contributed by atoms with Crippen LogP contribution in [0, 0.1) is 12.3 Å². The van der Waals surface area contributed by atoms with Crippen molar-refractivity contribution in [1.82, 2.24) is 4.90 Å². The van der Waals surface area contributed by atoms with Crippen LogP contribution < -0.4 is 9.47 Å². The van der Waals surface area contributed by atoms with Crippen molar-refractivity contribution in [2.45, 2.75) is 6.61 Å². The first-order chi connectivity index (χ1) is 13.1. The lowest BCUT2D eigenvalue weighted by atomic mass is 10.1. The van der Waals surface area contributed by atoms with E-state index in [9.17, 15) is 9.59 Å². The SMILES string of the molecule is C#CCN1C(=O)S/C(=C\c2ccc(OCc3ccccc3)c(OC)c2)C1=O. The highest BCUT2D eigenvalue weighted by atomic mass is 32.2. The quantitative estimate of drug-likeness (QED) is 0.562. The highest BCUT2D eigenvalue weighted by molar-refractivity contribution is 8.18. The van der Waals surface area contributed by atoms with Gasteiger partial charge >= 0.3 is 0 Å². The van der Waals surface area contributed by atoms with E-state index >= 15 is 0 Å². The van der Waals surface area contributed by atoms with Crippen LogP contribution >= 0.6 is 11.8 Å². The van der Waals surface area contributed by atoms with Crippen LogP contribution in [-0.4, -0.2) is 29.7 Å². The molecular formula is C21H17NO4S. The number of ether oxygens (including phenoxy) is 2. The van der Waals surface area contributed by atoms with E-state index in [0.717, 1.165) is 27.8 Å². The minimum atomic E-state index is -0.383. The fourth-order valence-corrected chi connectivity index (χ4v) is 3.35. The van der Waals surface area contributed by atoms with Crippen molar-refractivity contribution in [1.29, 1.82) is 0 Å². The summed E-state index contributed by atoms with van der Waals surface area (Å²) < 4.78 is 11.2. The van der Waals surface area contributed by atoms with Gasteiger partial charge in [0.25, 0.3) is 11.1 Å². The number of carbonyl (C=O) groups is 2. The summed E-state index contributed by atoms with van der Waals surface area (Å²) in [4.78, 5) is 25.5. The second-order valence-corrected chi connectivity index (χ2v) is 6.65. The van der Waals surface area contributed by atoms with Crippen LogP contribution in [-0.2, 0) is 11.4 Å². The minimum Gasteiger partial charge on any atom is -0.493 e. The molecule has 2 aromatic rings. The molecule has 0 radical (unpaired) electrons. The normalized spacial score (nSPS) is 15.1. The molecule has 2 amide bonds. The number of hydrogen-bond donors (Lipinski definition) is 0. The summed E-state index contributed by atoms with van der Waals surface area (Å²) in [5.74, 6) is 3.07. The summed E-state index contributed by atoms with van der Waals surface area (Å²) in [5.41, 5.74) is 1.77. The van der Waals surface area contributed by atoms with E-state index in [1.165, 1.54) is 0 Å². The molecule has 1 saturated heterocycles. The molecule has 0 N–H and O–H groups in total. The Kier molecular flexibility index (Phi) is 5.84. The zero-order valence-corrected chi connectivity index (χ0v) is 15.5. The van der Waals surface area contributed by atoms with Gasteiger partial charge in [-0.15, -0.1) is 6.42 Å². The number of methoxy groups -OCH3 is 1. The van der Waals surface area contributed by atoms with Crippen molar-refractivity contribution in [2.75, 3.05) is 13.7 Å². The maximum atomic E-state index is 12.3. The molecule has 0 bridgehead atoms. The Morgan fingerprint density at radius 2 is 1.93 bits per heavy atom. The summed E-state index contributed by atoms with van der Waals surface area (Å²) in [6.45, 7) is 0.388. The first-order valence-electron chi connectivity index (χ1n) is 8.16. The van der Waals surface area contributed by atoms with Crippen LogP contribution in [0.2, 0.25) is 0 Å². The van der Waals surface area contributed by atoms with Crippen molar-refractivity contribution in [2.24, 2.45) is 0 Å². The Labute approximate surface area is 162 Å². The summed E-state index contributed by atoms with van der Waals surface area (Å²) in [6.07, 6.45) is 6.84. The molecule has 0 saturated carbocycles. The largest absolute Gasteiger partial charge is 0.493 e. The third kappa shape index (κ3) is 4.33. The maximum Gasteiger partial charge on any atom is 0.294 e. The van der Waals surface area contributed by atoms with E-state index in [-0.39, 0.29) is 17.7 Å². The third-order valence-electron chi connectivity index (χ3n) is 3.85. The van der Waals surface area contributed by atoms with Gasteiger partial charge in [0.15, 0.2) is 11.5 Å². The van der Waals surface area contributed by atoms with Gasteiger partial charge in [0.2, 0.25) is 0 Å². The second-order valence-electron chi connectivity index (χ2n) is 5.66. The van der Waals surface area contributed by atoms with Crippen LogP contribution in [0.15, 0.2) is 53.4 Å². The number of benzene rings is 2. The lowest BCUT2D eigenvalue weighted by Gasteiger charge is -2.11. The van der Waals surface area contributed by atoms with Crippen molar-refractivity contribution < 1.29 is 19.1 Å². The summed E-state index contributed by atoms with van der Waals surface area (Å²) in [6, 6.07) is 15.1. The molecule has 5 nitrogen and oxygen atoms in total. The molecule has 3 rings (SSSR count). The van der Waals surface area contributed by atoms with Crippen LogP contribution in [0.25, 0.3) is 6.08 Å². The molecule has 1 fully saturated rings. The molecule has 0 aliphatic carbocycles. The van der Waals surface area contributed by atoms with E-state index in [2.05, 4.69) is 5.92 Å². The lowest BCUT2D eigenvalue weighted by Crippen LogP contribution is -2.28. The van der Waals surface area contributed by atoms with Gasteiger partial charge in [0, 0.05) is 0 Å². The molecule has 0 spiro atoms. The monoisotopic (exact) mass is 379 g/mol. The van der Waals surface area contributed by atoms with Gasteiger partial charge in [-0.2, -0.15) is 0 Å². The molecule has 1 aliphatic rings. The number of rotatable bonds is 6. The Morgan fingerprint density at radius 3 is 2.63 bits per heavy atom. The average Bonchev–Trinajstić information content (AvgIpc) is 2.95. The first kappa shape index (κ1) is 18.6. The van der Waals surface area contributed by atoms with Gasteiger partial charge in [-0.05, 0) is 41.1 Å². The smallest absolute Gasteiger partial charge is 0.294 e. The van der Waals surface area contributed by atoms with Crippen molar-refractivity contribution in [3.05, 3.63) is 64.6 Å². The summed E-state index contributed by atoms with van der Waals surface area (Å²) in [7, 11) is 1.55. The Morgan fingerprint density at radius 1 is 1.15 bits per heavy atom. The van der Waals surface area contributed by atoms with E-state index in [0.29, 0.717) is 23.0 Å². The molecule has 6 heteroatoms. The van der Waals surface area contributed by atoms with E-state index in [4.69, 9.17) is 15.9 Å². The second kappa shape index (κ2) is 8.47. The molecule has 27 heavy (non-hydrogen) atoms. The number of amides is 2. The number of hydrogen-bond acceptors (Lipinski definition) is 5. The molecule has 0 unspecified atom stereocenters. The number of carbonyl (C=O) groups excluding carboxylic acids is 2. The lowest BCUT2D eigenvalue weighted by molar-refractivity contribution is -0.122. The Balaban J connectivity index is 1.77. The Hall–Kier alpha value is -3.17. The van der Waals surface area contributed by atoms with E-state index in [1.54, 1.807) is 31.4 Å². The van der Waals surface area contributed by atoms with Crippen LogP contribution in [0.1, 0.15) is 11.1 Å². The van der Waals surface area contributed by atoms with Crippen molar-refractivity contribution in [3.8, 4) is 23.8 Å². The maximum absolute atomic E-state index is 12.3. The molecule has 0 atom stereocenters. The minimum absolute atomic E-state index is 0.0302. The van der Waals surface area contributed by atoms with Gasteiger partial charge < -0.3 is 9.47 Å². The van der Waals surface area contributed by atoms with Crippen LogP contribution in [0.4, 0.5) is 4.79 Å². The number of nitrogens with zero attached hydrogens (tertiary/aromatic N) is 1. The standard InChI is InChI=1S/C21H17NO4S/c1-3-11-22-20(23)19(27-21(22)24)13-16-9-10-17(18(12-16)25-2)26-14-15-7-5-4-6-8-15/h1,4-10,12-13H,11,14H2,2H3/b19-13-. The first-order valence-corrected chi connectivity index (χ1v) is 8.97. The molecular weight excluding hydrogens is 362 g/mol. The molecule has 0 aromatic heterocycles. The Bertz CT molecular complexity index is 931. The van der Waals surface area contributed by atoms with E-state index < -0.39 is 0 Å². The fourth-order valence-electron chi connectivity index (χ4n) is 2.51. The number of thioether (sulfide) groups is 1. The highest BCUT2D eigenvalue weighted by Crippen LogP contribution is 2.34. The number of imide groups is 1. The predicted molar refractivity (Wildman–Crippen MR) is 105 cm³/mol. The molecule has 1 heterocycles. The topological polar surface area (TPSA) is 55.8 Å². The van der Waals surface area contributed by atoms with Gasteiger partial charge in [-0.25, -0.2) is 0 Å². The van der Waals surface area contributed by atoms with Crippen molar-refractivity contribution >= 4 is 29.0 Å².